The third-order valence-electron chi connectivity index (χ3n) is 5.84. The number of hydrogen-bond donors (Lipinski definition) is 1. The van der Waals surface area contributed by atoms with Crippen LogP contribution in [0.25, 0.3) is 0 Å². The molecule has 2 heterocycles. The van der Waals surface area contributed by atoms with E-state index in [0.29, 0.717) is 12.1 Å². The molecule has 0 spiro atoms. The van der Waals surface area contributed by atoms with Crippen LogP contribution in [-0.2, 0) is 11.2 Å². The van der Waals surface area contributed by atoms with E-state index in [4.69, 9.17) is 4.74 Å². The second-order valence-corrected chi connectivity index (χ2v) is 7.51. The van der Waals surface area contributed by atoms with E-state index in [0.717, 1.165) is 71.2 Å². The van der Waals surface area contributed by atoms with Crippen LogP contribution in [0.5, 0.6) is 0 Å². The number of carbonyl (C=O) groups is 1. The number of methoxy groups -OCH3 is 1. The molecule has 0 unspecified atom stereocenters. The van der Waals surface area contributed by atoms with E-state index in [1.807, 2.05) is 18.1 Å². The maximum absolute atomic E-state index is 12.4. The van der Waals surface area contributed by atoms with Crippen LogP contribution in [0.2, 0.25) is 0 Å². The summed E-state index contributed by atoms with van der Waals surface area (Å²) in [6, 6.07) is 11.2. The third kappa shape index (κ3) is 5.45. The van der Waals surface area contributed by atoms with Crippen molar-refractivity contribution in [3.05, 3.63) is 35.9 Å². The SMILES string of the molecule is COC1CCN(C2CCN(C(=O)NCCCc3ccccc3)CC2)CC1. The Bertz CT molecular complexity index is 535. The molecule has 5 nitrogen and oxygen atoms in total. The number of ether oxygens (including phenoxy) is 1. The van der Waals surface area contributed by atoms with E-state index in [1.54, 1.807) is 0 Å². The summed E-state index contributed by atoms with van der Waals surface area (Å²) >= 11 is 0. The molecule has 26 heavy (non-hydrogen) atoms. The molecule has 2 amide bonds. The summed E-state index contributed by atoms with van der Waals surface area (Å²) < 4.78 is 5.46. The number of nitrogens with one attached hydrogen (secondary N) is 1. The van der Waals surface area contributed by atoms with Crippen LogP contribution in [0.3, 0.4) is 0 Å². The van der Waals surface area contributed by atoms with Crippen molar-refractivity contribution in [1.29, 1.82) is 0 Å². The predicted molar refractivity (Wildman–Crippen MR) is 104 cm³/mol. The highest BCUT2D eigenvalue weighted by Crippen LogP contribution is 2.22. The molecule has 0 saturated carbocycles. The molecule has 2 aliphatic heterocycles. The number of piperidine rings is 2. The zero-order chi connectivity index (χ0) is 18.2. The van der Waals surface area contributed by atoms with Crippen molar-refractivity contribution in [3.63, 3.8) is 0 Å². The molecule has 1 aromatic carbocycles. The molecule has 0 bridgehead atoms. The lowest BCUT2D eigenvalue weighted by Crippen LogP contribution is -2.51. The molecule has 0 aromatic heterocycles. The van der Waals surface area contributed by atoms with E-state index < -0.39 is 0 Å². The predicted octanol–water partition coefficient (Wildman–Crippen LogP) is 2.90. The Balaban J connectivity index is 1.31. The molecule has 1 N–H and O–H groups in total. The number of urea groups is 1. The summed E-state index contributed by atoms with van der Waals surface area (Å²) in [7, 11) is 1.82. The van der Waals surface area contributed by atoms with Crippen molar-refractivity contribution in [2.24, 2.45) is 0 Å². The molecule has 2 aliphatic rings. The maximum Gasteiger partial charge on any atom is 0.317 e. The lowest BCUT2D eigenvalue weighted by molar-refractivity contribution is 0.0170. The third-order valence-corrected chi connectivity index (χ3v) is 5.84. The maximum atomic E-state index is 12.4. The molecule has 1 aromatic rings. The number of rotatable bonds is 6. The lowest BCUT2D eigenvalue weighted by Gasteiger charge is -2.41. The summed E-state index contributed by atoms with van der Waals surface area (Å²) in [5.74, 6) is 0. The molecule has 0 radical (unpaired) electrons. The average Bonchev–Trinajstić information content (AvgIpc) is 2.72. The van der Waals surface area contributed by atoms with Crippen LogP contribution in [0.15, 0.2) is 30.3 Å². The summed E-state index contributed by atoms with van der Waals surface area (Å²) in [6.45, 7) is 4.76. The van der Waals surface area contributed by atoms with E-state index in [9.17, 15) is 4.79 Å². The zero-order valence-corrected chi connectivity index (χ0v) is 16.0. The second kappa shape index (κ2) is 9.93. The van der Waals surface area contributed by atoms with Gasteiger partial charge >= 0.3 is 6.03 Å². The van der Waals surface area contributed by atoms with Crippen molar-refractivity contribution in [1.82, 2.24) is 15.1 Å². The number of aryl methyl sites for hydroxylation is 1. The Morgan fingerprint density at radius 3 is 2.42 bits per heavy atom. The van der Waals surface area contributed by atoms with Crippen molar-refractivity contribution in [2.75, 3.05) is 39.8 Å². The van der Waals surface area contributed by atoms with Gasteiger partial charge in [-0.25, -0.2) is 4.79 Å². The fourth-order valence-corrected chi connectivity index (χ4v) is 4.16. The van der Waals surface area contributed by atoms with Crippen LogP contribution in [0.1, 0.15) is 37.7 Å². The van der Waals surface area contributed by atoms with Gasteiger partial charge in [0, 0.05) is 45.9 Å². The van der Waals surface area contributed by atoms with Crippen LogP contribution in [0.4, 0.5) is 4.79 Å². The number of likely N-dealkylation sites (tertiary alicyclic amines) is 2. The Labute approximate surface area is 157 Å². The smallest absolute Gasteiger partial charge is 0.317 e. The Hall–Kier alpha value is -1.59. The van der Waals surface area contributed by atoms with Crippen molar-refractivity contribution in [2.45, 2.75) is 50.7 Å². The largest absolute Gasteiger partial charge is 0.381 e. The number of carbonyl (C=O) groups excluding carboxylic acids is 1. The van der Waals surface area contributed by atoms with Crippen LogP contribution in [0, 0.1) is 0 Å². The standard InChI is InChI=1S/C21H33N3O2/c1-26-20-11-16-23(17-12-20)19-9-14-24(15-10-19)21(25)22-13-5-8-18-6-3-2-4-7-18/h2-4,6-7,19-20H,5,8-17H2,1H3,(H,22,25). The topological polar surface area (TPSA) is 44.8 Å². The molecular weight excluding hydrogens is 326 g/mol. The first-order chi connectivity index (χ1) is 12.8. The quantitative estimate of drug-likeness (QED) is 0.795. The molecule has 2 saturated heterocycles. The van der Waals surface area contributed by atoms with Gasteiger partial charge in [-0.3, -0.25) is 0 Å². The second-order valence-electron chi connectivity index (χ2n) is 7.51. The average molecular weight is 360 g/mol. The molecule has 3 rings (SSSR count). The van der Waals surface area contributed by atoms with Crippen molar-refractivity contribution in [3.8, 4) is 0 Å². The van der Waals surface area contributed by atoms with Gasteiger partial charge in [-0.1, -0.05) is 30.3 Å². The number of amides is 2. The fraction of sp³-hybridized carbons (Fsp3) is 0.667. The molecule has 2 fully saturated rings. The van der Waals surface area contributed by atoms with E-state index in [-0.39, 0.29) is 6.03 Å². The molecule has 5 heteroatoms. The van der Waals surface area contributed by atoms with E-state index in [2.05, 4.69) is 34.5 Å². The highest BCUT2D eigenvalue weighted by atomic mass is 16.5. The monoisotopic (exact) mass is 359 g/mol. The highest BCUT2D eigenvalue weighted by molar-refractivity contribution is 5.74. The van der Waals surface area contributed by atoms with Gasteiger partial charge in [0.1, 0.15) is 0 Å². The summed E-state index contributed by atoms with van der Waals surface area (Å²) in [5, 5.41) is 3.09. The molecule has 0 aliphatic carbocycles. The summed E-state index contributed by atoms with van der Waals surface area (Å²) in [4.78, 5) is 16.9. The van der Waals surface area contributed by atoms with Gasteiger partial charge in [0.25, 0.3) is 0 Å². The number of benzene rings is 1. The first-order valence-corrected chi connectivity index (χ1v) is 10.1. The highest BCUT2D eigenvalue weighted by Gasteiger charge is 2.29. The van der Waals surface area contributed by atoms with Gasteiger partial charge in [-0.2, -0.15) is 0 Å². The Morgan fingerprint density at radius 1 is 1.08 bits per heavy atom. The fourth-order valence-electron chi connectivity index (χ4n) is 4.16. The zero-order valence-electron chi connectivity index (χ0n) is 16.0. The summed E-state index contributed by atoms with van der Waals surface area (Å²) in [6.07, 6.45) is 6.90. The first-order valence-electron chi connectivity index (χ1n) is 10.1. The molecule has 0 atom stereocenters. The number of hydrogen-bond acceptors (Lipinski definition) is 3. The minimum atomic E-state index is 0.106. The van der Waals surface area contributed by atoms with Crippen molar-refractivity contribution < 1.29 is 9.53 Å². The van der Waals surface area contributed by atoms with Crippen molar-refractivity contribution >= 4 is 6.03 Å². The van der Waals surface area contributed by atoms with Gasteiger partial charge in [0.15, 0.2) is 0 Å². The van der Waals surface area contributed by atoms with Gasteiger partial charge in [0.05, 0.1) is 6.10 Å². The summed E-state index contributed by atoms with van der Waals surface area (Å²) in [5.41, 5.74) is 1.33. The normalized spacial score (nSPS) is 20.3. The first kappa shape index (κ1) is 19.2. The van der Waals surface area contributed by atoms with E-state index >= 15 is 0 Å². The van der Waals surface area contributed by atoms with Gasteiger partial charge in [-0.05, 0) is 44.1 Å². The van der Waals surface area contributed by atoms with E-state index in [1.165, 1.54) is 5.56 Å². The van der Waals surface area contributed by atoms with Gasteiger partial charge in [-0.15, -0.1) is 0 Å². The van der Waals surface area contributed by atoms with Crippen LogP contribution < -0.4 is 5.32 Å². The van der Waals surface area contributed by atoms with Gasteiger partial charge < -0.3 is 19.9 Å². The Morgan fingerprint density at radius 2 is 1.77 bits per heavy atom. The minimum Gasteiger partial charge on any atom is -0.381 e. The molecule has 144 valence electrons. The lowest BCUT2D eigenvalue weighted by atomic mass is 9.99. The van der Waals surface area contributed by atoms with Crippen LogP contribution >= 0.6 is 0 Å². The minimum absolute atomic E-state index is 0.106. The molecular formula is C21H33N3O2. The van der Waals surface area contributed by atoms with Gasteiger partial charge in [0.2, 0.25) is 0 Å². The number of nitrogens with zero attached hydrogens (tertiary/aromatic N) is 2. The Kier molecular flexibility index (Phi) is 7.32. The van der Waals surface area contributed by atoms with Crippen LogP contribution in [-0.4, -0.2) is 67.8 Å².